The third-order valence-electron chi connectivity index (χ3n) is 4.50. The minimum absolute atomic E-state index is 0.466. The maximum absolute atomic E-state index is 6.13. The highest BCUT2D eigenvalue weighted by Gasteiger charge is 2.14. The number of nitrogens with zero attached hydrogens (tertiary/aromatic N) is 1. The molecule has 0 radical (unpaired) electrons. The van der Waals surface area contributed by atoms with Gasteiger partial charge in [-0.2, -0.15) is 0 Å². The van der Waals surface area contributed by atoms with Crippen molar-refractivity contribution in [3.8, 4) is 0 Å². The first-order valence-corrected chi connectivity index (χ1v) is 8.33. The number of hydrogen-bond donors (Lipinski definition) is 3. The van der Waals surface area contributed by atoms with Crippen molar-refractivity contribution >= 4 is 23.3 Å². The molecular weight excluding hydrogens is 296 g/mol. The Balaban J connectivity index is 1.75. The topological polar surface area (TPSA) is 76.4 Å². The Labute approximate surface area is 143 Å². The van der Waals surface area contributed by atoms with E-state index in [-0.39, 0.29) is 0 Å². The molecule has 1 atom stereocenters. The van der Waals surface area contributed by atoms with Gasteiger partial charge in [-0.05, 0) is 43.0 Å². The molecule has 1 fully saturated rings. The zero-order valence-corrected chi connectivity index (χ0v) is 13.8. The van der Waals surface area contributed by atoms with Crippen LogP contribution in [0.5, 0.6) is 0 Å². The Morgan fingerprint density at radius 3 is 2.67 bits per heavy atom. The summed E-state index contributed by atoms with van der Waals surface area (Å²) in [7, 11) is 0. The fourth-order valence-corrected chi connectivity index (χ4v) is 3.09. The van der Waals surface area contributed by atoms with Gasteiger partial charge in [-0.15, -0.1) is 0 Å². The second-order valence-electron chi connectivity index (χ2n) is 6.23. The highest BCUT2D eigenvalue weighted by molar-refractivity contribution is 5.92. The summed E-state index contributed by atoms with van der Waals surface area (Å²) in [4.78, 5) is 4.53. The van der Waals surface area contributed by atoms with Crippen LogP contribution in [0.2, 0.25) is 0 Å². The summed E-state index contributed by atoms with van der Waals surface area (Å²) < 4.78 is 0. The SMILES string of the molecule is C=C(N)c1cccc(C=Nc2ccc(C3CCCNC3)cc2)c1N. The van der Waals surface area contributed by atoms with Crippen LogP contribution in [0.25, 0.3) is 5.70 Å². The molecule has 1 saturated heterocycles. The van der Waals surface area contributed by atoms with E-state index in [4.69, 9.17) is 11.5 Å². The molecule has 5 N–H and O–H groups in total. The van der Waals surface area contributed by atoms with Gasteiger partial charge in [-0.1, -0.05) is 36.9 Å². The van der Waals surface area contributed by atoms with Crippen LogP contribution < -0.4 is 16.8 Å². The molecule has 3 rings (SSSR count). The van der Waals surface area contributed by atoms with Crippen molar-refractivity contribution in [2.45, 2.75) is 18.8 Å². The average Bonchev–Trinajstić information content (AvgIpc) is 2.62. The smallest absolute Gasteiger partial charge is 0.0630 e. The first-order chi connectivity index (χ1) is 11.6. The summed E-state index contributed by atoms with van der Waals surface area (Å²) in [5.74, 6) is 0.611. The van der Waals surface area contributed by atoms with Crippen molar-refractivity contribution < 1.29 is 0 Å². The Kier molecular flexibility index (Phi) is 4.96. The minimum atomic E-state index is 0.466. The fraction of sp³-hybridized carbons (Fsp3) is 0.250. The zero-order chi connectivity index (χ0) is 16.9. The Bertz CT molecular complexity index is 741. The Morgan fingerprint density at radius 2 is 2.00 bits per heavy atom. The molecule has 4 nitrogen and oxygen atoms in total. The van der Waals surface area contributed by atoms with Gasteiger partial charge in [0, 0.05) is 35.3 Å². The molecule has 124 valence electrons. The third-order valence-corrected chi connectivity index (χ3v) is 4.50. The van der Waals surface area contributed by atoms with Crippen LogP contribution in [0, 0.1) is 0 Å². The van der Waals surface area contributed by atoms with E-state index >= 15 is 0 Å². The number of hydrogen-bond acceptors (Lipinski definition) is 4. The molecule has 2 aromatic carbocycles. The van der Waals surface area contributed by atoms with Gasteiger partial charge < -0.3 is 16.8 Å². The van der Waals surface area contributed by atoms with Crippen LogP contribution in [-0.2, 0) is 0 Å². The maximum Gasteiger partial charge on any atom is 0.0630 e. The number of aliphatic imine (C=N–C) groups is 1. The number of nitrogens with one attached hydrogen (secondary N) is 1. The quantitative estimate of drug-likeness (QED) is 0.597. The third kappa shape index (κ3) is 3.66. The maximum atomic E-state index is 6.13. The van der Waals surface area contributed by atoms with Crippen molar-refractivity contribution in [2.75, 3.05) is 18.8 Å². The monoisotopic (exact) mass is 320 g/mol. The minimum Gasteiger partial charge on any atom is -0.399 e. The van der Waals surface area contributed by atoms with Crippen LogP contribution in [0.15, 0.2) is 54.0 Å². The summed E-state index contributed by atoms with van der Waals surface area (Å²) >= 11 is 0. The average molecular weight is 320 g/mol. The van der Waals surface area contributed by atoms with Crippen LogP contribution in [0.1, 0.15) is 35.4 Å². The summed E-state index contributed by atoms with van der Waals surface area (Å²) in [5.41, 5.74) is 16.9. The second-order valence-corrected chi connectivity index (χ2v) is 6.23. The molecule has 4 heteroatoms. The van der Waals surface area contributed by atoms with E-state index in [0.717, 1.165) is 29.9 Å². The summed E-state index contributed by atoms with van der Waals surface area (Å²) in [5, 5.41) is 3.45. The number of nitrogens with two attached hydrogens (primary N) is 2. The van der Waals surface area contributed by atoms with Crippen molar-refractivity contribution in [1.29, 1.82) is 0 Å². The van der Waals surface area contributed by atoms with E-state index in [1.165, 1.54) is 18.4 Å². The largest absolute Gasteiger partial charge is 0.399 e. The lowest BCUT2D eigenvalue weighted by Crippen LogP contribution is -2.28. The van der Waals surface area contributed by atoms with E-state index in [1.54, 1.807) is 6.21 Å². The predicted octanol–water partition coefficient (Wildman–Crippen LogP) is 3.42. The molecule has 2 aromatic rings. The number of rotatable bonds is 4. The van der Waals surface area contributed by atoms with Gasteiger partial charge in [0.2, 0.25) is 0 Å². The standard InChI is InChI=1S/C20H24N4/c1-14(21)19-6-2-4-17(20(19)22)13-24-18-9-7-15(8-10-18)16-5-3-11-23-12-16/h2,4,6-10,13,16,23H,1,3,5,11-12,21-22H2. The lowest BCUT2D eigenvalue weighted by Gasteiger charge is -2.23. The molecule has 0 amide bonds. The first-order valence-electron chi connectivity index (χ1n) is 8.33. The van der Waals surface area contributed by atoms with E-state index in [1.807, 2.05) is 18.2 Å². The van der Waals surface area contributed by atoms with Gasteiger partial charge in [0.25, 0.3) is 0 Å². The van der Waals surface area contributed by atoms with Gasteiger partial charge in [0.05, 0.1) is 5.69 Å². The van der Waals surface area contributed by atoms with Gasteiger partial charge in [0.1, 0.15) is 0 Å². The van der Waals surface area contributed by atoms with Crippen molar-refractivity contribution in [1.82, 2.24) is 5.32 Å². The Hall–Kier alpha value is -2.59. The van der Waals surface area contributed by atoms with Gasteiger partial charge in [0.15, 0.2) is 0 Å². The molecule has 24 heavy (non-hydrogen) atoms. The second kappa shape index (κ2) is 7.32. The highest BCUT2D eigenvalue weighted by Crippen LogP contribution is 2.25. The van der Waals surface area contributed by atoms with E-state index < -0.39 is 0 Å². The van der Waals surface area contributed by atoms with Crippen LogP contribution in [0.4, 0.5) is 11.4 Å². The fourth-order valence-electron chi connectivity index (χ4n) is 3.09. The molecule has 0 saturated carbocycles. The van der Waals surface area contributed by atoms with Crippen LogP contribution in [0.3, 0.4) is 0 Å². The molecule has 1 unspecified atom stereocenters. The lowest BCUT2D eigenvalue weighted by molar-refractivity contribution is 0.461. The number of piperidine rings is 1. The van der Waals surface area contributed by atoms with E-state index in [2.05, 4.69) is 41.2 Å². The van der Waals surface area contributed by atoms with Gasteiger partial charge >= 0.3 is 0 Å². The number of benzene rings is 2. The molecule has 0 spiro atoms. The summed E-state index contributed by atoms with van der Waals surface area (Å²) in [6.07, 6.45) is 4.27. The predicted molar refractivity (Wildman–Crippen MR) is 103 cm³/mol. The number of nitrogen functional groups attached to an aromatic ring is 1. The van der Waals surface area contributed by atoms with Crippen LogP contribution >= 0.6 is 0 Å². The van der Waals surface area contributed by atoms with E-state index in [9.17, 15) is 0 Å². The number of anilines is 1. The highest BCUT2D eigenvalue weighted by atomic mass is 14.9. The van der Waals surface area contributed by atoms with Gasteiger partial charge in [-0.25, -0.2) is 0 Å². The van der Waals surface area contributed by atoms with E-state index in [0.29, 0.717) is 17.3 Å². The van der Waals surface area contributed by atoms with Crippen LogP contribution in [-0.4, -0.2) is 19.3 Å². The zero-order valence-electron chi connectivity index (χ0n) is 13.8. The Morgan fingerprint density at radius 1 is 1.21 bits per heavy atom. The molecule has 1 heterocycles. The molecular formula is C20H24N4. The molecule has 1 aliphatic heterocycles. The molecule has 0 aromatic heterocycles. The first kappa shape index (κ1) is 16.3. The normalized spacial score (nSPS) is 17.9. The molecule has 1 aliphatic rings. The number of para-hydroxylation sites is 1. The molecule has 0 aliphatic carbocycles. The lowest BCUT2D eigenvalue weighted by atomic mass is 9.92. The van der Waals surface area contributed by atoms with Crippen molar-refractivity contribution in [3.63, 3.8) is 0 Å². The summed E-state index contributed by atoms with van der Waals surface area (Å²) in [6.45, 7) is 5.95. The molecule has 0 bridgehead atoms. The van der Waals surface area contributed by atoms with Crippen molar-refractivity contribution in [2.24, 2.45) is 10.7 Å². The van der Waals surface area contributed by atoms with Crippen molar-refractivity contribution in [3.05, 3.63) is 65.7 Å². The summed E-state index contributed by atoms with van der Waals surface area (Å²) in [6, 6.07) is 14.2. The van der Waals surface area contributed by atoms with Gasteiger partial charge in [-0.3, -0.25) is 4.99 Å².